The fourth-order valence-electron chi connectivity index (χ4n) is 2.18. The maximum absolute atomic E-state index is 12.1. The van der Waals surface area contributed by atoms with Gasteiger partial charge in [-0.15, -0.1) is 0 Å². The lowest BCUT2D eigenvalue weighted by Gasteiger charge is -2.20. The van der Waals surface area contributed by atoms with Crippen LogP contribution in [-0.2, 0) is 16.0 Å². The first-order valence-corrected chi connectivity index (χ1v) is 7.41. The van der Waals surface area contributed by atoms with E-state index in [1.54, 1.807) is 4.90 Å². The number of amides is 2. The van der Waals surface area contributed by atoms with E-state index in [4.69, 9.17) is 5.73 Å². The van der Waals surface area contributed by atoms with Crippen LogP contribution in [0.1, 0.15) is 19.4 Å². The third kappa shape index (κ3) is 5.55. The second kappa shape index (κ2) is 9.13. The molecule has 5 nitrogen and oxygen atoms in total. The highest BCUT2D eigenvalue weighted by Gasteiger charge is 2.19. The van der Waals surface area contributed by atoms with Gasteiger partial charge in [-0.2, -0.15) is 0 Å². The first kappa shape index (κ1) is 17.2. The van der Waals surface area contributed by atoms with Gasteiger partial charge in [-0.25, -0.2) is 0 Å². The highest BCUT2D eigenvalue weighted by Crippen LogP contribution is 2.07. The molecular weight excluding hydrogens is 266 g/mol. The summed E-state index contributed by atoms with van der Waals surface area (Å²) in [5.74, 6) is -0.539. The largest absolute Gasteiger partial charge is 0.347 e. The maximum atomic E-state index is 12.1. The van der Waals surface area contributed by atoms with Crippen LogP contribution >= 0.6 is 0 Å². The number of hydrogen-bond acceptors (Lipinski definition) is 3. The van der Waals surface area contributed by atoms with E-state index >= 15 is 0 Å². The van der Waals surface area contributed by atoms with Crippen molar-refractivity contribution in [1.29, 1.82) is 0 Å². The predicted octanol–water partition coefficient (Wildman–Crippen LogP) is 0.789. The number of nitrogens with zero attached hydrogens (tertiary/aromatic N) is 1. The van der Waals surface area contributed by atoms with Crippen molar-refractivity contribution in [3.63, 3.8) is 0 Å². The standard InChI is InChI=1S/C16H25N3O2/c1-3-19(4-2)15(20)12-18-16(21)14(11-17)10-13-8-6-5-7-9-13/h5-9,14H,3-4,10-12,17H2,1-2H3,(H,18,21). The number of hydrogen-bond donors (Lipinski definition) is 2. The number of likely N-dealkylation sites (N-methyl/N-ethyl adjacent to an activating group) is 1. The van der Waals surface area contributed by atoms with Gasteiger partial charge < -0.3 is 16.0 Å². The summed E-state index contributed by atoms with van der Waals surface area (Å²) in [6.45, 7) is 5.43. The lowest BCUT2D eigenvalue weighted by atomic mass is 9.98. The molecule has 0 saturated carbocycles. The third-order valence-electron chi connectivity index (χ3n) is 3.51. The lowest BCUT2D eigenvalue weighted by Crippen LogP contribution is -2.43. The number of nitrogens with one attached hydrogen (secondary N) is 1. The van der Waals surface area contributed by atoms with Crippen LogP contribution in [0.3, 0.4) is 0 Å². The summed E-state index contributed by atoms with van der Waals surface area (Å²) in [7, 11) is 0. The lowest BCUT2D eigenvalue weighted by molar-refractivity contribution is -0.133. The zero-order valence-electron chi connectivity index (χ0n) is 12.8. The second-order valence-electron chi connectivity index (χ2n) is 4.91. The molecule has 1 aromatic rings. The van der Waals surface area contributed by atoms with Gasteiger partial charge in [0.15, 0.2) is 0 Å². The van der Waals surface area contributed by atoms with Crippen LogP contribution in [0.25, 0.3) is 0 Å². The maximum Gasteiger partial charge on any atom is 0.241 e. The van der Waals surface area contributed by atoms with Gasteiger partial charge in [-0.1, -0.05) is 30.3 Å². The summed E-state index contributed by atoms with van der Waals surface area (Å²) in [5.41, 5.74) is 6.75. The number of rotatable bonds is 8. The topological polar surface area (TPSA) is 75.4 Å². The molecule has 116 valence electrons. The normalized spacial score (nSPS) is 11.8. The van der Waals surface area contributed by atoms with Crippen molar-refractivity contribution < 1.29 is 9.59 Å². The van der Waals surface area contributed by atoms with E-state index < -0.39 is 0 Å². The summed E-state index contributed by atoms with van der Waals surface area (Å²) in [5, 5.41) is 2.69. The van der Waals surface area contributed by atoms with Crippen LogP contribution in [0.4, 0.5) is 0 Å². The quantitative estimate of drug-likeness (QED) is 0.743. The molecule has 0 saturated heterocycles. The van der Waals surface area contributed by atoms with Crippen LogP contribution in [0, 0.1) is 5.92 Å². The van der Waals surface area contributed by atoms with Gasteiger partial charge in [0.1, 0.15) is 0 Å². The van der Waals surface area contributed by atoms with Crippen LogP contribution in [-0.4, -0.2) is 42.9 Å². The Morgan fingerprint density at radius 2 is 1.81 bits per heavy atom. The molecule has 1 atom stereocenters. The Labute approximate surface area is 126 Å². The van der Waals surface area contributed by atoms with E-state index in [1.165, 1.54) is 0 Å². The number of benzene rings is 1. The fourth-order valence-corrected chi connectivity index (χ4v) is 2.18. The second-order valence-corrected chi connectivity index (χ2v) is 4.91. The number of nitrogens with two attached hydrogens (primary N) is 1. The zero-order chi connectivity index (χ0) is 15.7. The SMILES string of the molecule is CCN(CC)C(=O)CNC(=O)C(CN)Cc1ccccc1. The smallest absolute Gasteiger partial charge is 0.241 e. The van der Waals surface area contributed by atoms with Crippen molar-refractivity contribution in [2.24, 2.45) is 11.7 Å². The highest BCUT2D eigenvalue weighted by atomic mass is 16.2. The highest BCUT2D eigenvalue weighted by molar-refractivity contribution is 5.86. The fraction of sp³-hybridized carbons (Fsp3) is 0.500. The van der Waals surface area contributed by atoms with Crippen molar-refractivity contribution in [3.05, 3.63) is 35.9 Å². The molecule has 2 amide bonds. The Morgan fingerprint density at radius 1 is 1.19 bits per heavy atom. The molecule has 0 fully saturated rings. The van der Waals surface area contributed by atoms with E-state index in [0.717, 1.165) is 5.56 Å². The molecule has 3 N–H and O–H groups in total. The van der Waals surface area contributed by atoms with Gasteiger partial charge >= 0.3 is 0 Å². The average molecular weight is 291 g/mol. The van der Waals surface area contributed by atoms with Crippen molar-refractivity contribution in [2.45, 2.75) is 20.3 Å². The molecular formula is C16H25N3O2. The van der Waals surface area contributed by atoms with Crippen molar-refractivity contribution in [1.82, 2.24) is 10.2 Å². The van der Waals surface area contributed by atoms with E-state index in [1.807, 2.05) is 44.2 Å². The molecule has 0 spiro atoms. The molecule has 0 aromatic heterocycles. The number of carbonyl (C=O) groups is 2. The van der Waals surface area contributed by atoms with E-state index in [2.05, 4.69) is 5.32 Å². The Kier molecular flexibility index (Phi) is 7.46. The van der Waals surface area contributed by atoms with Gasteiger partial charge in [0.05, 0.1) is 12.5 Å². The first-order chi connectivity index (χ1) is 10.1. The molecule has 1 rings (SSSR count). The van der Waals surface area contributed by atoms with Crippen LogP contribution in [0.5, 0.6) is 0 Å². The zero-order valence-corrected chi connectivity index (χ0v) is 12.8. The van der Waals surface area contributed by atoms with Gasteiger partial charge in [0.25, 0.3) is 0 Å². The molecule has 0 aliphatic heterocycles. The van der Waals surface area contributed by atoms with Gasteiger partial charge in [0.2, 0.25) is 11.8 Å². The van der Waals surface area contributed by atoms with E-state index in [0.29, 0.717) is 19.5 Å². The average Bonchev–Trinajstić information content (AvgIpc) is 2.52. The summed E-state index contributed by atoms with van der Waals surface area (Å²) < 4.78 is 0. The molecule has 0 radical (unpaired) electrons. The third-order valence-corrected chi connectivity index (χ3v) is 3.51. The minimum absolute atomic E-state index is 0.0335. The molecule has 0 aliphatic rings. The molecule has 0 heterocycles. The van der Waals surface area contributed by atoms with E-state index in [-0.39, 0.29) is 30.8 Å². The summed E-state index contributed by atoms with van der Waals surface area (Å²) in [6, 6.07) is 9.74. The minimum atomic E-state index is -0.308. The van der Waals surface area contributed by atoms with Crippen LogP contribution in [0.2, 0.25) is 0 Å². The Balaban J connectivity index is 2.50. The molecule has 1 aromatic carbocycles. The van der Waals surface area contributed by atoms with Gasteiger partial charge in [-0.05, 0) is 25.8 Å². The Bertz CT molecular complexity index is 444. The van der Waals surface area contributed by atoms with Gasteiger partial charge in [-0.3, -0.25) is 9.59 Å². The number of carbonyl (C=O) groups excluding carboxylic acids is 2. The van der Waals surface area contributed by atoms with Crippen LogP contribution in [0.15, 0.2) is 30.3 Å². The Hall–Kier alpha value is -1.88. The predicted molar refractivity (Wildman–Crippen MR) is 83.6 cm³/mol. The molecule has 0 aliphatic carbocycles. The summed E-state index contributed by atoms with van der Waals surface area (Å²) >= 11 is 0. The molecule has 5 heteroatoms. The molecule has 1 unspecified atom stereocenters. The van der Waals surface area contributed by atoms with Crippen LogP contribution < -0.4 is 11.1 Å². The van der Waals surface area contributed by atoms with E-state index in [9.17, 15) is 9.59 Å². The summed E-state index contributed by atoms with van der Waals surface area (Å²) in [4.78, 5) is 25.7. The minimum Gasteiger partial charge on any atom is -0.347 e. The van der Waals surface area contributed by atoms with Crippen molar-refractivity contribution in [3.8, 4) is 0 Å². The van der Waals surface area contributed by atoms with Crippen molar-refractivity contribution >= 4 is 11.8 Å². The molecule has 21 heavy (non-hydrogen) atoms. The first-order valence-electron chi connectivity index (χ1n) is 7.41. The van der Waals surface area contributed by atoms with Gasteiger partial charge in [0, 0.05) is 19.6 Å². The molecule has 0 bridgehead atoms. The Morgan fingerprint density at radius 3 is 2.33 bits per heavy atom. The monoisotopic (exact) mass is 291 g/mol. The van der Waals surface area contributed by atoms with Crippen molar-refractivity contribution in [2.75, 3.05) is 26.2 Å². The summed E-state index contributed by atoms with van der Waals surface area (Å²) in [6.07, 6.45) is 0.586.